The van der Waals surface area contributed by atoms with Crippen LogP contribution >= 0.6 is 11.3 Å². The minimum atomic E-state index is 0.822. The molecule has 1 fully saturated rings. The highest BCUT2D eigenvalue weighted by atomic mass is 32.1. The van der Waals surface area contributed by atoms with E-state index >= 15 is 0 Å². The number of hydrogen-bond acceptors (Lipinski definition) is 2. The van der Waals surface area contributed by atoms with Gasteiger partial charge in [0.05, 0.1) is 0 Å². The summed E-state index contributed by atoms with van der Waals surface area (Å²) in [6.07, 6.45) is 9.54. The SMILES string of the molecule is CCCCCCc1scc(CNC2CC2)c1C. The topological polar surface area (TPSA) is 12.0 Å². The second kappa shape index (κ2) is 6.55. The van der Waals surface area contributed by atoms with Gasteiger partial charge in [-0.3, -0.25) is 0 Å². The monoisotopic (exact) mass is 251 g/mol. The van der Waals surface area contributed by atoms with Crippen LogP contribution in [0.15, 0.2) is 5.38 Å². The molecule has 0 amide bonds. The summed E-state index contributed by atoms with van der Waals surface area (Å²) in [6.45, 7) is 5.66. The summed E-state index contributed by atoms with van der Waals surface area (Å²) in [4.78, 5) is 1.62. The number of thiophene rings is 1. The van der Waals surface area contributed by atoms with Crippen molar-refractivity contribution in [3.05, 3.63) is 21.4 Å². The zero-order valence-electron chi connectivity index (χ0n) is 11.2. The van der Waals surface area contributed by atoms with Crippen LogP contribution in [0.25, 0.3) is 0 Å². The first-order valence-corrected chi connectivity index (χ1v) is 7.98. The first-order chi connectivity index (χ1) is 8.31. The molecule has 1 N–H and O–H groups in total. The number of nitrogens with one attached hydrogen (secondary N) is 1. The summed E-state index contributed by atoms with van der Waals surface area (Å²) in [6, 6.07) is 0.822. The summed E-state index contributed by atoms with van der Waals surface area (Å²) >= 11 is 1.97. The van der Waals surface area contributed by atoms with Crippen LogP contribution in [0.2, 0.25) is 0 Å². The van der Waals surface area contributed by atoms with Gasteiger partial charge in [0.2, 0.25) is 0 Å². The largest absolute Gasteiger partial charge is 0.310 e. The van der Waals surface area contributed by atoms with E-state index in [9.17, 15) is 0 Å². The molecule has 1 nitrogen and oxygen atoms in total. The van der Waals surface area contributed by atoms with Crippen molar-refractivity contribution in [3.8, 4) is 0 Å². The van der Waals surface area contributed by atoms with Gasteiger partial charge in [0.15, 0.2) is 0 Å². The molecule has 17 heavy (non-hydrogen) atoms. The van der Waals surface area contributed by atoms with E-state index in [1.807, 2.05) is 11.3 Å². The fourth-order valence-corrected chi connectivity index (χ4v) is 3.29. The van der Waals surface area contributed by atoms with Crippen molar-refractivity contribution < 1.29 is 0 Å². The van der Waals surface area contributed by atoms with E-state index < -0.39 is 0 Å². The minimum absolute atomic E-state index is 0.822. The van der Waals surface area contributed by atoms with Crippen LogP contribution in [0, 0.1) is 6.92 Å². The highest BCUT2D eigenvalue weighted by Crippen LogP contribution is 2.25. The predicted octanol–water partition coefficient (Wildman–Crippen LogP) is 4.43. The lowest BCUT2D eigenvalue weighted by atomic mass is 10.1. The lowest BCUT2D eigenvalue weighted by molar-refractivity contribution is 0.666. The molecular weight excluding hydrogens is 226 g/mol. The van der Waals surface area contributed by atoms with E-state index in [1.165, 1.54) is 50.5 Å². The van der Waals surface area contributed by atoms with Crippen molar-refractivity contribution in [2.24, 2.45) is 0 Å². The first kappa shape index (κ1) is 13.1. The standard InChI is InChI=1S/C15H25NS/c1-3-4-5-6-7-15-12(2)13(11-17-15)10-16-14-8-9-14/h11,14,16H,3-10H2,1-2H3. The molecule has 1 saturated carbocycles. The number of aryl methyl sites for hydroxylation is 1. The average Bonchev–Trinajstić information content (AvgIpc) is 3.09. The molecule has 1 aromatic heterocycles. The molecule has 2 heteroatoms. The van der Waals surface area contributed by atoms with Crippen LogP contribution in [-0.2, 0) is 13.0 Å². The van der Waals surface area contributed by atoms with Crippen molar-refractivity contribution >= 4 is 11.3 Å². The molecule has 2 rings (SSSR count). The fraction of sp³-hybridized carbons (Fsp3) is 0.733. The highest BCUT2D eigenvalue weighted by Gasteiger charge is 2.20. The van der Waals surface area contributed by atoms with Crippen LogP contribution in [0.1, 0.15) is 61.5 Å². The van der Waals surface area contributed by atoms with Crippen molar-refractivity contribution in [2.45, 2.75) is 71.4 Å². The van der Waals surface area contributed by atoms with Gasteiger partial charge in [-0.1, -0.05) is 26.2 Å². The zero-order valence-corrected chi connectivity index (χ0v) is 12.0. The molecule has 0 bridgehead atoms. The average molecular weight is 251 g/mol. The Bertz CT molecular complexity index is 339. The van der Waals surface area contributed by atoms with E-state index in [4.69, 9.17) is 0 Å². The third kappa shape index (κ3) is 4.11. The lowest BCUT2D eigenvalue weighted by Gasteiger charge is -2.04. The fourth-order valence-electron chi connectivity index (χ4n) is 2.17. The maximum atomic E-state index is 3.61. The quantitative estimate of drug-likeness (QED) is 0.674. The van der Waals surface area contributed by atoms with Crippen molar-refractivity contribution in [2.75, 3.05) is 0 Å². The van der Waals surface area contributed by atoms with Gasteiger partial charge < -0.3 is 5.32 Å². The maximum absolute atomic E-state index is 3.61. The molecular formula is C15H25NS. The molecule has 1 heterocycles. The van der Waals surface area contributed by atoms with Crippen LogP contribution < -0.4 is 5.32 Å². The molecule has 0 spiro atoms. The van der Waals surface area contributed by atoms with Gasteiger partial charge in [0, 0.05) is 17.5 Å². The molecule has 96 valence electrons. The van der Waals surface area contributed by atoms with E-state index in [0.717, 1.165) is 12.6 Å². The smallest absolute Gasteiger partial charge is 0.0219 e. The highest BCUT2D eigenvalue weighted by molar-refractivity contribution is 7.10. The molecule has 0 radical (unpaired) electrons. The van der Waals surface area contributed by atoms with Crippen molar-refractivity contribution in [1.29, 1.82) is 0 Å². The van der Waals surface area contributed by atoms with E-state index in [1.54, 1.807) is 10.4 Å². The Morgan fingerprint density at radius 3 is 2.82 bits per heavy atom. The summed E-state index contributed by atoms with van der Waals surface area (Å²) in [5.41, 5.74) is 3.09. The summed E-state index contributed by atoms with van der Waals surface area (Å²) < 4.78 is 0. The number of rotatable bonds is 8. The minimum Gasteiger partial charge on any atom is -0.310 e. The summed E-state index contributed by atoms with van der Waals surface area (Å²) in [7, 11) is 0. The Labute approximate surface area is 110 Å². The van der Waals surface area contributed by atoms with Crippen molar-refractivity contribution in [1.82, 2.24) is 5.32 Å². The molecule has 0 atom stereocenters. The Kier molecular flexibility index (Phi) is 5.05. The molecule has 0 aromatic carbocycles. The van der Waals surface area contributed by atoms with Crippen LogP contribution in [0.4, 0.5) is 0 Å². The van der Waals surface area contributed by atoms with Gasteiger partial charge in [-0.15, -0.1) is 11.3 Å². The van der Waals surface area contributed by atoms with E-state index in [2.05, 4.69) is 24.5 Å². The predicted molar refractivity (Wildman–Crippen MR) is 76.8 cm³/mol. The van der Waals surface area contributed by atoms with Gasteiger partial charge in [-0.05, 0) is 49.1 Å². The Morgan fingerprint density at radius 2 is 2.12 bits per heavy atom. The van der Waals surface area contributed by atoms with E-state index in [0.29, 0.717) is 0 Å². The zero-order chi connectivity index (χ0) is 12.1. The van der Waals surface area contributed by atoms with Crippen LogP contribution in [0.5, 0.6) is 0 Å². The van der Waals surface area contributed by atoms with Crippen LogP contribution in [-0.4, -0.2) is 6.04 Å². The lowest BCUT2D eigenvalue weighted by Crippen LogP contribution is -2.15. The van der Waals surface area contributed by atoms with Gasteiger partial charge in [0.25, 0.3) is 0 Å². The van der Waals surface area contributed by atoms with Gasteiger partial charge in [-0.25, -0.2) is 0 Å². The second-order valence-electron chi connectivity index (χ2n) is 5.27. The van der Waals surface area contributed by atoms with Gasteiger partial charge in [0.1, 0.15) is 0 Å². The maximum Gasteiger partial charge on any atom is 0.0219 e. The molecule has 0 saturated heterocycles. The van der Waals surface area contributed by atoms with Gasteiger partial charge >= 0.3 is 0 Å². The first-order valence-electron chi connectivity index (χ1n) is 7.10. The molecule has 0 aliphatic heterocycles. The third-order valence-electron chi connectivity index (χ3n) is 3.66. The van der Waals surface area contributed by atoms with Gasteiger partial charge in [-0.2, -0.15) is 0 Å². The Hall–Kier alpha value is -0.340. The normalized spacial score (nSPS) is 15.4. The second-order valence-corrected chi connectivity index (χ2v) is 6.24. The van der Waals surface area contributed by atoms with Crippen molar-refractivity contribution in [3.63, 3.8) is 0 Å². The Morgan fingerprint density at radius 1 is 1.29 bits per heavy atom. The molecule has 1 aliphatic rings. The van der Waals surface area contributed by atoms with Crippen LogP contribution in [0.3, 0.4) is 0 Å². The Balaban J connectivity index is 1.76. The van der Waals surface area contributed by atoms with E-state index in [-0.39, 0.29) is 0 Å². The number of unbranched alkanes of at least 4 members (excludes halogenated alkanes) is 3. The third-order valence-corrected chi connectivity index (χ3v) is 4.86. The summed E-state index contributed by atoms with van der Waals surface area (Å²) in [5.74, 6) is 0. The summed E-state index contributed by atoms with van der Waals surface area (Å²) in [5, 5.41) is 5.97. The molecule has 1 aliphatic carbocycles. The molecule has 0 unspecified atom stereocenters. The molecule has 1 aromatic rings. The number of hydrogen-bond donors (Lipinski definition) is 1.